The van der Waals surface area contributed by atoms with Crippen molar-refractivity contribution in [1.29, 1.82) is 5.26 Å². The molecule has 7 heteroatoms. The van der Waals surface area contributed by atoms with Gasteiger partial charge in [0.15, 0.2) is 5.69 Å². The number of hydrogen-bond acceptors (Lipinski definition) is 4. The van der Waals surface area contributed by atoms with E-state index in [1.807, 2.05) is 0 Å². The van der Waals surface area contributed by atoms with Gasteiger partial charge < -0.3 is 4.74 Å². The molecule has 0 spiro atoms. The lowest BCUT2D eigenvalue weighted by Crippen LogP contribution is -2.18. The number of ether oxygens (including phenoxy) is 1. The fraction of sp³-hybridized carbons (Fsp3) is 0.222. The highest BCUT2D eigenvalue weighted by Crippen LogP contribution is 2.26. The molecule has 0 saturated carbocycles. The van der Waals surface area contributed by atoms with Crippen LogP contribution in [0.25, 0.3) is 0 Å². The molecule has 1 heterocycles. The molecule has 0 saturated heterocycles. The van der Waals surface area contributed by atoms with E-state index in [9.17, 15) is 4.79 Å². The van der Waals surface area contributed by atoms with Crippen molar-refractivity contribution in [2.75, 3.05) is 6.61 Å². The maximum Gasteiger partial charge on any atom is 0.341 e. The van der Waals surface area contributed by atoms with Gasteiger partial charge in [0.25, 0.3) is 0 Å². The average molecular weight is 280 g/mol. The Hall–Kier alpha value is -1.02. The highest BCUT2D eigenvalue weighted by molar-refractivity contribution is 6.67. The molecule has 1 rings (SSSR count). The minimum Gasteiger partial charge on any atom is -0.457 e. The minimum absolute atomic E-state index is 0.0307. The molecule has 16 heavy (non-hydrogen) atoms. The number of pyridine rings is 1. The van der Waals surface area contributed by atoms with Gasteiger partial charge >= 0.3 is 5.97 Å². The summed E-state index contributed by atoms with van der Waals surface area (Å²) in [6.45, 7) is -0.393. The molecular formula is C9H5Cl3N2O2. The number of hydrogen-bond donors (Lipinski definition) is 0. The zero-order chi connectivity index (χ0) is 12.2. The maximum atomic E-state index is 11.5. The van der Waals surface area contributed by atoms with E-state index < -0.39 is 16.4 Å². The second-order valence-corrected chi connectivity index (χ2v) is 5.22. The van der Waals surface area contributed by atoms with Crippen molar-refractivity contribution in [2.24, 2.45) is 0 Å². The maximum absolute atomic E-state index is 11.5. The highest BCUT2D eigenvalue weighted by atomic mass is 35.6. The number of nitrogens with zero attached hydrogens (tertiary/aromatic N) is 2. The third-order valence-corrected chi connectivity index (χ3v) is 1.83. The van der Waals surface area contributed by atoms with Crippen molar-refractivity contribution in [2.45, 2.75) is 3.79 Å². The zero-order valence-electron chi connectivity index (χ0n) is 7.78. The highest BCUT2D eigenvalue weighted by Gasteiger charge is 2.23. The molecule has 0 aliphatic carbocycles. The third kappa shape index (κ3) is 3.86. The van der Waals surface area contributed by atoms with E-state index in [0.717, 1.165) is 0 Å². The Morgan fingerprint density at radius 2 is 2.25 bits per heavy atom. The van der Waals surface area contributed by atoms with Crippen LogP contribution in [-0.4, -0.2) is 21.4 Å². The number of rotatable bonds is 2. The number of carbonyl (C=O) groups excluding carboxylic acids is 1. The molecule has 0 aromatic carbocycles. The van der Waals surface area contributed by atoms with Gasteiger partial charge in [0.05, 0.1) is 5.56 Å². The smallest absolute Gasteiger partial charge is 0.341 e. The van der Waals surface area contributed by atoms with Gasteiger partial charge in [-0.25, -0.2) is 9.78 Å². The van der Waals surface area contributed by atoms with Crippen LogP contribution in [0.3, 0.4) is 0 Å². The first-order valence-electron chi connectivity index (χ1n) is 4.03. The van der Waals surface area contributed by atoms with Gasteiger partial charge in [-0.2, -0.15) is 5.26 Å². The lowest BCUT2D eigenvalue weighted by molar-refractivity contribution is 0.0511. The number of nitriles is 1. The quantitative estimate of drug-likeness (QED) is 0.616. The van der Waals surface area contributed by atoms with E-state index in [1.54, 1.807) is 6.07 Å². The van der Waals surface area contributed by atoms with E-state index in [4.69, 9.17) is 44.8 Å². The van der Waals surface area contributed by atoms with Crippen molar-refractivity contribution >= 4 is 40.8 Å². The van der Waals surface area contributed by atoms with Gasteiger partial charge in [-0.3, -0.25) is 0 Å². The predicted molar refractivity (Wildman–Crippen MR) is 59.5 cm³/mol. The first kappa shape index (κ1) is 13.0. The number of alkyl halides is 3. The Balaban J connectivity index is 2.78. The van der Waals surface area contributed by atoms with Gasteiger partial charge in [-0.05, 0) is 12.1 Å². The second kappa shape index (κ2) is 5.35. The minimum atomic E-state index is -1.68. The number of esters is 1. The van der Waals surface area contributed by atoms with Crippen molar-refractivity contribution in [1.82, 2.24) is 4.98 Å². The second-order valence-electron chi connectivity index (χ2n) is 2.70. The summed E-state index contributed by atoms with van der Waals surface area (Å²) in [4.78, 5) is 15.2. The molecule has 0 radical (unpaired) electrons. The molecule has 1 aromatic heterocycles. The first-order chi connectivity index (χ1) is 7.44. The van der Waals surface area contributed by atoms with Gasteiger partial charge in [0, 0.05) is 6.20 Å². The number of carbonyl (C=O) groups is 1. The largest absolute Gasteiger partial charge is 0.457 e. The molecule has 0 fully saturated rings. The van der Waals surface area contributed by atoms with E-state index in [2.05, 4.69) is 4.98 Å². The molecule has 84 valence electrons. The molecule has 0 unspecified atom stereocenters. The van der Waals surface area contributed by atoms with E-state index in [1.165, 1.54) is 18.3 Å². The molecule has 1 aromatic rings. The van der Waals surface area contributed by atoms with Crippen molar-refractivity contribution < 1.29 is 9.53 Å². The third-order valence-electron chi connectivity index (χ3n) is 1.50. The molecule has 0 aliphatic heterocycles. The van der Waals surface area contributed by atoms with Gasteiger partial charge in [0.2, 0.25) is 3.79 Å². The summed E-state index contributed by atoms with van der Waals surface area (Å²) in [5.74, 6) is -0.754. The SMILES string of the molecule is N#Cc1ncccc1C(=O)OCC(Cl)(Cl)Cl. The van der Waals surface area contributed by atoms with Crippen LogP contribution in [0.4, 0.5) is 0 Å². The van der Waals surface area contributed by atoms with Crippen LogP contribution < -0.4 is 0 Å². The Kier molecular flexibility index (Phi) is 4.36. The van der Waals surface area contributed by atoms with Gasteiger partial charge in [-0.15, -0.1) is 0 Å². The number of halogens is 3. The first-order valence-corrected chi connectivity index (χ1v) is 5.16. The van der Waals surface area contributed by atoms with Gasteiger partial charge in [0.1, 0.15) is 12.7 Å². The molecule has 0 aliphatic rings. The topological polar surface area (TPSA) is 63.0 Å². The fourth-order valence-electron chi connectivity index (χ4n) is 0.884. The molecule has 0 amide bonds. The summed E-state index contributed by atoms with van der Waals surface area (Å²) in [5.41, 5.74) is 0.0102. The summed E-state index contributed by atoms with van der Waals surface area (Å²) in [6, 6.07) is 4.68. The standard InChI is InChI=1S/C9H5Cl3N2O2/c10-9(11,12)5-16-8(15)6-2-1-3-14-7(6)4-13/h1-3H,5H2. The zero-order valence-corrected chi connectivity index (χ0v) is 10.1. The monoisotopic (exact) mass is 278 g/mol. The summed E-state index contributed by atoms with van der Waals surface area (Å²) >= 11 is 16.2. The van der Waals surface area contributed by atoms with Crippen LogP contribution in [0, 0.1) is 11.3 Å². The van der Waals surface area contributed by atoms with Crippen LogP contribution in [-0.2, 0) is 4.74 Å². The predicted octanol–water partition coefficient (Wildman–Crippen LogP) is 2.48. The Bertz CT molecular complexity index is 437. The average Bonchev–Trinajstić information content (AvgIpc) is 2.25. The lowest BCUT2D eigenvalue weighted by atomic mass is 10.2. The van der Waals surface area contributed by atoms with Crippen LogP contribution >= 0.6 is 34.8 Å². The van der Waals surface area contributed by atoms with Crippen LogP contribution in [0.2, 0.25) is 0 Å². The summed E-state index contributed by atoms with van der Waals surface area (Å²) in [5, 5.41) is 8.70. The Morgan fingerprint density at radius 3 is 2.81 bits per heavy atom. The Morgan fingerprint density at radius 1 is 1.56 bits per heavy atom. The summed E-state index contributed by atoms with van der Waals surface area (Å²) < 4.78 is 3.03. The summed E-state index contributed by atoms with van der Waals surface area (Å²) in [7, 11) is 0. The number of aromatic nitrogens is 1. The molecule has 0 N–H and O–H groups in total. The van der Waals surface area contributed by atoms with E-state index in [0.29, 0.717) is 0 Å². The van der Waals surface area contributed by atoms with E-state index >= 15 is 0 Å². The van der Waals surface area contributed by atoms with E-state index in [-0.39, 0.29) is 11.3 Å². The van der Waals surface area contributed by atoms with Crippen LogP contribution in [0.5, 0.6) is 0 Å². The normalized spacial score (nSPS) is 10.6. The Labute approximate surface area is 107 Å². The lowest BCUT2D eigenvalue weighted by Gasteiger charge is -2.11. The fourth-order valence-corrected chi connectivity index (χ4v) is 1.05. The summed E-state index contributed by atoms with van der Waals surface area (Å²) in [6.07, 6.45) is 1.39. The van der Waals surface area contributed by atoms with Crippen LogP contribution in [0.15, 0.2) is 18.3 Å². The molecule has 0 bridgehead atoms. The van der Waals surface area contributed by atoms with Gasteiger partial charge in [-0.1, -0.05) is 34.8 Å². The molecule has 4 nitrogen and oxygen atoms in total. The van der Waals surface area contributed by atoms with Crippen molar-refractivity contribution in [3.63, 3.8) is 0 Å². The molecular weight excluding hydrogens is 274 g/mol. The van der Waals surface area contributed by atoms with Crippen molar-refractivity contribution in [3.05, 3.63) is 29.6 Å². The molecule has 0 atom stereocenters. The van der Waals surface area contributed by atoms with Crippen LogP contribution in [0.1, 0.15) is 16.1 Å². The van der Waals surface area contributed by atoms with Crippen molar-refractivity contribution in [3.8, 4) is 6.07 Å².